The van der Waals surface area contributed by atoms with Crippen molar-refractivity contribution in [3.8, 4) is 5.75 Å². The zero-order valence-electron chi connectivity index (χ0n) is 17.4. The molecular formula is C20H25FN6O2S. The molecule has 3 aromatic rings. The van der Waals surface area contributed by atoms with Crippen LogP contribution >= 0.6 is 11.3 Å². The normalized spacial score (nSPS) is 11.3. The van der Waals surface area contributed by atoms with Crippen molar-refractivity contribution >= 4 is 39.1 Å². The smallest absolute Gasteiger partial charge is 0.280 e. The van der Waals surface area contributed by atoms with Crippen LogP contribution in [0.1, 0.15) is 30.1 Å². The van der Waals surface area contributed by atoms with E-state index in [0.717, 1.165) is 13.0 Å². The van der Waals surface area contributed by atoms with Gasteiger partial charge in [0.25, 0.3) is 5.91 Å². The molecule has 0 spiro atoms. The highest BCUT2D eigenvalue weighted by molar-refractivity contribution is 7.19. The van der Waals surface area contributed by atoms with Gasteiger partial charge in [0.2, 0.25) is 0 Å². The van der Waals surface area contributed by atoms with Crippen molar-refractivity contribution in [3.05, 3.63) is 35.4 Å². The number of ether oxygens (including phenoxy) is 1. The standard InChI is InChI=1S/C20H25FN6O2S/c1-12(2)29-15-10-13(21)6-7-14(15)25-17-16-19(24-11-23-17)30-20(26-16)18(28)22-8-5-9-27(3)4/h6-7,10-12H,5,8-9H2,1-4H3,(H,22,28)(H,23,24,25). The van der Waals surface area contributed by atoms with Crippen LogP contribution in [0.4, 0.5) is 15.9 Å². The minimum atomic E-state index is -0.397. The zero-order valence-corrected chi connectivity index (χ0v) is 18.2. The predicted molar refractivity (Wildman–Crippen MR) is 116 cm³/mol. The molecule has 0 aliphatic carbocycles. The monoisotopic (exact) mass is 432 g/mol. The van der Waals surface area contributed by atoms with Gasteiger partial charge in [0.05, 0.1) is 11.8 Å². The molecule has 1 amide bonds. The third kappa shape index (κ3) is 5.61. The Bertz CT molecular complexity index is 1020. The van der Waals surface area contributed by atoms with Gasteiger partial charge in [-0.15, -0.1) is 0 Å². The van der Waals surface area contributed by atoms with Crippen molar-refractivity contribution in [1.29, 1.82) is 0 Å². The molecular weight excluding hydrogens is 407 g/mol. The number of hydrogen-bond donors (Lipinski definition) is 2. The fraction of sp³-hybridized carbons (Fsp3) is 0.400. The number of carbonyl (C=O) groups excluding carboxylic acids is 1. The van der Waals surface area contributed by atoms with Crippen molar-refractivity contribution in [3.63, 3.8) is 0 Å². The first kappa shape index (κ1) is 21.8. The first-order valence-electron chi connectivity index (χ1n) is 9.61. The summed E-state index contributed by atoms with van der Waals surface area (Å²) in [6.45, 7) is 5.18. The molecule has 2 aromatic heterocycles. The first-order valence-corrected chi connectivity index (χ1v) is 10.4. The molecule has 0 aliphatic heterocycles. The van der Waals surface area contributed by atoms with Crippen LogP contribution in [0.25, 0.3) is 10.3 Å². The highest BCUT2D eigenvalue weighted by atomic mass is 32.1. The number of amides is 1. The summed E-state index contributed by atoms with van der Waals surface area (Å²) >= 11 is 1.20. The molecule has 0 aliphatic rings. The van der Waals surface area contributed by atoms with Crippen LogP contribution in [0.3, 0.4) is 0 Å². The maximum Gasteiger partial charge on any atom is 0.280 e. The van der Waals surface area contributed by atoms with Crippen LogP contribution < -0.4 is 15.4 Å². The number of nitrogens with zero attached hydrogens (tertiary/aromatic N) is 4. The summed E-state index contributed by atoms with van der Waals surface area (Å²) in [6, 6.07) is 4.22. The van der Waals surface area contributed by atoms with E-state index in [4.69, 9.17) is 4.74 Å². The van der Waals surface area contributed by atoms with Gasteiger partial charge in [0, 0.05) is 12.6 Å². The van der Waals surface area contributed by atoms with E-state index in [9.17, 15) is 9.18 Å². The van der Waals surface area contributed by atoms with E-state index in [1.54, 1.807) is 6.07 Å². The molecule has 3 rings (SSSR count). The largest absolute Gasteiger partial charge is 0.489 e. The number of benzene rings is 1. The number of rotatable bonds is 9. The van der Waals surface area contributed by atoms with Gasteiger partial charge in [-0.2, -0.15) is 0 Å². The van der Waals surface area contributed by atoms with Crippen molar-refractivity contribution in [2.24, 2.45) is 0 Å². The minimum absolute atomic E-state index is 0.125. The number of anilines is 2. The van der Waals surface area contributed by atoms with Crippen molar-refractivity contribution in [2.75, 3.05) is 32.5 Å². The lowest BCUT2D eigenvalue weighted by Crippen LogP contribution is -2.26. The molecule has 0 fully saturated rings. The van der Waals surface area contributed by atoms with E-state index in [0.29, 0.717) is 39.2 Å². The molecule has 0 unspecified atom stereocenters. The van der Waals surface area contributed by atoms with Crippen molar-refractivity contribution in [2.45, 2.75) is 26.4 Å². The van der Waals surface area contributed by atoms with Gasteiger partial charge in [-0.25, -0.2) is 19.3 Å². The van der Waals surface area contributed by atoms with Crippen LogP contribution in [0.5, 0.6) is 5.75 Å². The third-order valence-electron chi connectivity index (χ3n) is 4.02. The molecule has 0 atom stereocenters. The molecule has 160 valence electrons. The number of halogens is 1. The summed E-state index contributed by atoms with van der Waals surface area (Å²) in [5.41, 5.74) is 1.02. The molecule has 30 heavy (non-hydrogen) atoms. The number of fused-ring (bicyclic) bond motifs is 1. The number of aromatic nitrogens is 3. The Labute approximate surface area is 178 Å². The van der Waals surface area contributed by atoms with Gasteiger partial charge in [0.15, 0.2) is 10.8 Å². The second-order valence-corrected chi connectivity index (χ2v) is 8.22. The molecule has 2 heterocycles. The van der Waals surface area contributed by atoms with E-state index in [1.807, 2.05) is 27.9 Å². The Morgan fingerprint density at radius 3 is 2.83 bits per heavy atom. The lowest BCUT2D eigenvalue weighted by molar-refractivity contribution is 0.0952. The van der Waals surface area contributed by atoms with Gasteiger partial charge in [0.1, 0.15) is 28.2 Å². The number of hydrogen-bond acceptors (Lipinski definition) is 8. The molecule has 0 saturated heterocycles. The molecule has 1 aromatic carbocycles. The molecule has 10 heteroatoms. The summed E-state index contributed by atoms with van der Waals surface area (Å²) in [4.78, 5) is 28.0. The second-order valence-electron chi connectivity index (χ2n) is 7.24. The van der Waals surface area contributed by atoms with E-state index < -0.39 is 5.82 Å². The predicted octanol–water partition coefficient (Wildman–Crippen LogP) is 3.44. The lowest BCUT2D eigenvalue weighted by Gasteiger charge is -2.15. The van der Waals surface area contributed by atoms with Crippen LogP contribution in [-0.4, -0.2) is 59.0 Å². The molecule has 0 radical (unpaired) electrons. The van der Waals surface area contributed by atoms with Gasteiger partial charge in [-0.05, 0) is 53.0 Å². The quantitative estimate of drug-likeness (QED) is 0.501. The summed E-state index contributed by atoms with van der Waals surface area (Å²) in [7, 11) is 3.97. The first-order chi connectivity index (χ1) is 14.3. The van der Waals surface area contributed by atoms with Gasteiger partial charge in [-0.3, -0.25) is 4.79 Å². The molecule has 0 bridgehead atoms. The summed E-state index contributed by atoms with van der Waals surface area (Å²) in [6.07, 6.45) is 2.12. The van der Waals surface area contributed by atoms with Gasteiger partial charge in [-0.1, -0.05) is 11.3 Å². The lowest BCUT2D eigenvalue weighted by atomic mass is 10.2. The minimum Gasteiger partial charge on any atom is -0.489 e. The number of nitrogens with one attached hydrogen (secondary N) is 2. The van der Waals surface area contributed by atoms with Crippen molar-refractivity contribution < 1.29 is 13.9 Å². The van der Waals surface area contributed by atoms with Gasteiger partial charge < -0.3 is 20.3 Å². The maximum absolute atomic E-state index is 13.7. The molecule has 8 nitrogen and oxygen atoms in total. The van der Waals surface area contributed by atoms with E-state index in [1.165, 1.54) is 29.8 Å². The van der Waals surface area contributed by atoms with Crippen LogP contribution in [0.15, 0.2) is 24.5 Å². The zero-order chi connectivity index (χ0) is 21.7. The third-order valence-corrected chi connectivity index (χ3v) is 4.98. The highest BCUT2D eigenvalue weighted by Gasteiger charge is 2.17. The summed E-state index contributed by atoms with van der Waals surface area (Å²) in [5.74, 6) is 0.146. The number of thiazole rings is 1. The van der Waals surface area contributed by atoms with Gasteiger partial charge >= 0.3 is 0 Å². The Kier molecular flexibility index (Phi) is 7.11. The van der Waals surface area contributed by atoms with Crippen LogP contribution in [0, 0.1) is 5.82 Å². The fourth-order valence-electron chi connectivity index (χ4n) is 2.69. The molecule has 0 saturated carbocycles. The van der Waals surface area contributed by atoms with E-state index in [-0.39, 0.29) is 12.0 Å². The van der Waals surface area contributed by atoms with Crippen molar-refractivity contribution in [1.82, 2.24) is 25.2 Å². The number of carbonyl (C=O) groups is 1. The summed E-state index contributed by atoms with van der Waals surface area (Å²) < 4.78 is 19.4. The maximum atomic E-state index is 13.7. The summed E-state index contributed by atoms with van der Waals surface area (Å²) in [5, 5.41) is 6.32. The average molecular weight is 433 g/mol. The molecule has 2 N–H and O–H groups in total. The van der Waals surface area contributed by atoms with Crippen LogP contribution in [0.2, 0.25) is 0 Å². The fourth-order valence-corrected chi connectivity index (χ4v) is 3.52. The Hall–Kier alpha value is -2.85. The SMILES string of the molecule is CC(C)Oc1cc(F)ccc1Nc1ncnc2sc(C(=O)NCCCN(C)C)nc12. The Morgan fingerprint density at radius 1 is 1.30 bits per heavy atom. The highest BCUT2D eigenvalue weighted by Crippen LogP contribution is 2.32. The van der Waals surface area contributed by atoms with Crippen LogP contribution in [-0.2, 0) is 0 Å². The second kappa shape index (κ2) is 9.77. The van der Waals surface area contributed by atoms with E-state index in [2.05, 4.69) is 30.5 Å². The van der Waals surface area contributed by atoms with E-state index >= 15 is 0 Å². The average Bonchev–Trinajstić information content (AvgIpc) is 3.12. The topological polar surface area (TPSA) is 92.3 Å². The Morgan fingerprint density at radius 2 is 2.10 bits per heavy atom. The Balaban J connectivity index is 1.80.